The van der Waals surface area contributed by atoms with Crippen LogP contribution < -0.4 is 5.32 Å². The average molecular weight is 352 g/mol. The van der Waals surface area contributed by atoms with Crippen molar-refractivity contribution < 1.29 is 9.21 Å². The van der Waals surface area contributed by atoms with E-state index in [0.717, 1.165) is 34.7 Å². The van der Waals surface area contributed by atoms with Crippen molar-refractivity contribution in [3.8, 4) is 0 Å². The number of hydrogen-bond donors (Lipinski definition) is 1. The average Bonchev–Trinajstić information content (AvgIpc) is 3.22. The molecule has 3 rings (SSSR count). The molecule has 3 heterocycles. The fraction of sp³-hybridized carbons (Fsp3) is 0.533. The first-order chi connectivity index (χ1) is 11.2. The lowest BCUT2D eigenvalue weighted by molar-refractivity contribution is -0.130. The number of carbonyl (C=O) groups is 1. The van der Waals surface area contributed by atoms with Crippen LogP contribution in [0.15, 0.2) is 27.2 Å². The van der Waals surface area contributed by atoms with Crippen LogP contribution in [0, 0.1) is 5.92 Å². The monoisotopic (exact) mass is 352 g/mol. The molecule has 1 fully saturated rings. The van der Waals surface area contributed by atoms with Gasteiger partial charge in [0, 0.05) is 13.1 Å². The van der Waals surface area contributed by atoms with Gasteiger partial charge in [-0.3, -0.25) is 4.79 Å². The Morgan fingerprint density at radius 1 is 1.57 bits per heavy atom. The number of nitrogens with one attached hydrogen (secondary N) is 1. The molecule has 1 atom stereocenters. The number of likely N-dealkylation sites (tertiary alicyclic amines) is 1. The minimum Gasteiger partial charge on any atom is -0.467 e. The topological polar surface area (TPSA) is 71.3 Å². The Labute approximate surface area is 143 Å². The summed E-state index contributed by atoms with van der Waals surface area (Å²) in [6.07, 6.45) is 3.97. The van der Waals surface area contributed by atoms with Crippen molar-refractivity contribution in [2.45, 2.75) is 30.6 Å². The van der Waals surface area contributed by atoms with Crippen LogP contribution in [0.4, 0.5) is 5.13 Å². The minimum atomic E-state index is 0.196. The number of hydrogen-bond acceptors (Lipinski definition) is 7. The molecule has 0 aromatic carbocycles. The molecular weight excluding hydrogens is 332 g/mol. The van der Waals surface area contributed by atoms with Crippen LogP contribution in [0.3, 0.4) is 0 Å². The zero-order chi connectivity index (χ0) is 16.1. The molecule has 1 aliphatic heterocycles. The van der Waals surface area contributed by atoms with Crippen molar-refractivity contribution in [2.24, 2.45) is 5.92 Å². The molecule has 8 heteroatoms. The number of piperidine rings is 1. The van der Waals surface area contributed by atoms with Crippen LogP contribution >= 0.6 is 23.1 Å². The normalized spacial score (nSPS) is 18.1. The van der Waals surface area contributed by atoms with E-state index in [4.69, 9.17) is 4.42 Å². The number of aromatic nitrogens is 2. The third kappa shape index (κ3) is 4.71. The molecule has 1 amide bonds. The number of carbonyl (C=O) groups excluding carboxylic acids is 1. The SMILES string of the molecule is C[C@H]1CCCN(C(=O)CSc2nnc(NCc3ccco3)s2)C1. The Bertz CT molecular complexity index is 629. The van der Waals surface area contributed by atoms with Gasteiger partial charge in [0.15, 0.2) is 4.34 Å². The van der Waals surface area contributed by atoms with Gasteiger partial charge < -0.3 is 14.6 Å². The van der Waals surface area contributed by atoms with Crippen molar-refractivity contribution in [2.75, 3.05) is 24.2 Å². The van der Waals surface area contributed by atoms with Gasteiger partial charge in [0.2, 0.25) is 11.0 Å². The highest BCUT2D eigenvalue weighted by Crippen LogP contribution is 2.26. The van der Waals surface area contributed by atoms with Gasteiger partial charge in [-0.25, -0.2) is 0 Å². The molecule has 2 aromatic rings. The Kier molecular flexibility index (Phi) is 5.56. The smallest absolute Gasteiger partial charge is 0.233 e. The number of rotatable bonds is 6. The van der Waals surface area contributed by atoms with E-state index >= 15 is 0 Å². The van der Waals surface area contributed by atoms with Gasteiger partial charge in [0.05, 0.1) is 18.6 Å². The molecule has 0 spiro atoms. The molecule has 124 valence electrons. The van der Waals surface area contributed by atoms with Crippen molar-refractivity contribution in [1.82, 2.24) is 15.1 Å². The predicted octanol–water partition coefficient (Wildman–Crippen LogP) is 3.09. The quantitative estimate of drug-likeness (QED) is 0.806. The summed E-state index contributed by atoms with van der Waals surface area (Å²) in [5.74, 6) is 2.08. The molecule has 1 N–H and O–H groups in total. The maximum atomic E-state index is 12.2. The van der Waals surface area contributed by atoms with Gasteiger partial charge in [0.1, 0.15) is 5.76 Å². The molecule has 23 heavy (non-hydrogen) atoms. The van der Waals surface area contributed by atoms with Gasteiger partial charge in [-0.15, -0.1) is 10.2 Å². The Morgan fingerprint density at radius 3 is 3.26 bits per heavy atom. The first-order valence-corrected chi connectivity index (χ1v) is 9.51. The second kappa shape index (κ2) is 7.83. The van der Waals surface area contributed by atoms with E-state index in [9.17, 15) is 4.79 Å². The van der Waals surface area contributed by atoms with Crippen LogP contribution in [0.25, 0.3) is 0 Å². The summed E-state index contributed by atoms with van der Waals surface area (Å²) in [4.78, 5) is 14.2. The molecule has 0 saturated carbocycles. The second-order valence-electron chi connectivity index (χ2n) is 5.68. The molecule has 6 nitrogen and oxygen atoms in total. The van der Waals surface area contributed by atoms with Crippen molar-refractivity contribution in [3.05, 3.63) is 24.2 Å². The number of nitrogens with zero attached hydrogens (tertiary/aromatic N) is 3. The Hall–Kier alpha value is -1.54. The molecule has 0 unspecified atom stereocenters. The molecule has 0 bridgehead atoms. The molecule has 1 aliphatic rings. The zero-order valence-electron chi connectivity index (χ0n) is 13.0. The van der Waals surface area contributed by atoms with E-state index in [-0.39, 0.29) is 5.91 Å². The Balaban J connectivity index is 1.44. The van der Waals surface area contributed by atoms with Crippen LogP contribution in [0.1, 0.15) is 25.5 Å². The van der Waals surface area contributed by atoms with Crippen LogP contribution in [-0.4, -0.2) is 39.8 Å². The third-order valence-corrected chi connectivity index (χ3v) is 5.73. The second-order valence-corrected chi connectivity index (χ2v) is 7.88. The Morgan fingerprint density at radius 2 is 2.48 bits per heavy atom. The van der Waals surface area contributed by atoms with Gasteiger partial charge in [-0.2, -0.15) is 0 Å². The highest BCUT2D eigenvalue weighted by atomic mass is 32.2. The summed E-state index contributed by atoms with van der Waals surface area (Å²) in [5, 5.41) is 12.1. The third-order valence-electron chi connectivity index (χ3n) is 3.73. The predicted molar refractivity (Wildman–Crippen MR) is 91.6 cm³/mol. The van der Waals surface area contributed by atoms with Crippen LogP contribution in [0.2, 0.25) is 0 Å². The number of furan rings is 1. The highest BCUT2D eigenvalue weighted by molar-refractivity contribution is 8.01. The molecule has 0 radical (unpaired) electrons. The number of anilines is 1. The van der Waals surface area contributed by atoms with Crippen molar-refractivity contribution in [3.63, 3.8) is 0 Å². The lowest BCUT2D eigenvalue weighted by Crippen LogP contribution is -2.40. The van der Waals surface area contributed by atoms with Gasteiger partial charge in [-0.05, 0) is 30.9 Å². The molecule has 2 aromatic heterocycles. The lowest BCUT2D eigenvalue weighted by Gasteiger charge is -2.30. The van der Waals surface area contributed by atoms with Crippen LogP contribution in [0.5, 0.6) is 0 Å². The standard InChI is InChI=1S/C15H20N4O2S2/c1-11-4-2-6-19(9-11)13(20)10-22-15-18-17-14(23-15)16-8-12-5-3-7-21-12/h3,5,7,11H,2,4,6,8-10H2,1H3,(H,16,17)/t11-/m0/s1. The van der Waals surface area contributed by atoms with E-state index in [1.165, 1.54) is 29.5 Å². The van der Waals surface area contributed by atoms with Gasteiger partial charge in [-0.1, -0.05) is 30.0 Å². The van der Waals surface area contributed by atoms with E-state index in [1.54, 1.807) is 6.26 Å². The molecule has 1 saturated heterocycles. The van der Waals surface area contributed by atoms with Gasteiger partial charge in [0.25, 0.3) is 0 Å². The summed E-state index contributed by atoms with van der Waals surface area (Å²) in [7, 11) is 0. The van der Waals surface area contributed by atoms with Crippen LogP contribution in [-0.2, 0) is 11.3 Å². The summed E-state index contributed by atoms with van der Waals surface area (Å²) in [5.41, 5.74) is 0. The van der Waals surface area contributed by atoms with Gasteiger partial charge >= 0.3 is 0 Å². The van der Waals surface area contributed by atoms with E-state index in [2.05, 4.69) is 22.4 Å². The van der Waals surface area contributed by atoms with E-state index in [0.29, 0.717) is 18.2 Å². The largest absolute Gasteiger partial charge is 0.467 e. The number of amides is 1. The maximum absolute atomic E-state index is 12.2. The van der Waals surface area contributed by atoms with E-state index < -0.39 is 0 Å². The molecule has 0 aliphatic carbocycles. The fourth-order valence-corrected chi connectivity index (χ4v) is 4.20. The highest BCUT2D eigenvalue weighted by Gasteiger charge is 2.21. The first-order valence-electron chi connectivity index (χ1n) is 7.71. The zero-order valence-corrected chi connectivity index (χ0v) is 14.7. The minimum absolute atomic E-state index is 0.196. The molecular formula is C15H20N4O2S2. The first kappa shape index (κ1) is 16.3. The lowest BCUT2D eigenvalue weighted by atomic mass is 10.0. The summed E-state index contributed by atoms with van der Waals surface area (Å²) in [6, 6.07) is 3.76. The summed E-state index contributed by atoms with van der Waals surface area (Å²) in [6.45, 7) is 4.55. The number of thioether (sulfide) groups is 1. The maximum Gasteiger partial charge on any atom is 0.233 e. The fourth-order valence-electron chi connectivity index (χ4n) is 2.55. The summed E-state index contributed by atoms with van der Waals surface area (Å²) >= 11 is 2.92. The van der Waals surface area contributed by atoms with Crippen molar-refractivity contribution >= 4 is 34.1 Å². The van der Waals surface area contributed by atoms with E-state index in [1.807, 2.05) is 17.0 Å². The van der Waals surface area contributed by atoms with Crippen molar-refractivity contribution in [1.29, 1.82) is 0 Å². The summed E-state index contributed by atoms with van der Waals surface area (Å²) < 4.78 is 6.07.